The van der Waals surface area contributed by atoms with Gasteiger partial charge in [-0.15, -0.1) is 11.3 Å². The van der Waals surface area contributed by atoms with Crippen LogP contribution in [0.1, 0.15) is 42.3 Å². The summed E-state index contributed by atoms with van der Waals surface area (Å²) in [5, 5.41) is 13.3. The molecular formula is C16H20N2O2S. The van der Waals surface area contributed by atoms with E-state index in [1.807, 2.05) is 36.5 Å². The summed E-state index contributed by atoms with van der Waals surface area (Å²) in [4.78, 5) is 17.0. The lowest BCUT2D eigenvalue weighted by atomic mass is 9.96. The summed E-state index contributed by atoms with van der Waals surface area (Å²) < 4.78 is 0. The van der Waals surface area contributed by atoms with E-state index in [-0.39, 0.29) is 5.41 Å². The fourth-order valence-corrected chi connectivity index (χ4v) is 2.85. The van der Waals surface area contributed by atoms with Crippen LogP contribution in [0.2, 0.25) is 0 Å². The van der Waals surface area contributed by atoms with Crippen LogP contribution >= 0.6 is 11.3 Å². The zero-order chi connectivity index (χ0) is 15.5. The third-order valence-electron chi connectivity index (χ3n) is 3.13. The maximum Gasteiger partial charge on any atom is 0.325 e. The molecule has 1 aromatic heterocycles. The number of thiazole rings is 1. The van der Waals surface area contributed by atoms with Crippen molar-refractivity contribution >= 4 is 17.3 Å². The second-order valence-corrected chi connectivity index (χ2v) is 7.05. The number of benzene rings is 1. The van der Waals surface area contributed by atoms with Crippen molar-refractivity contribution in [3.05, 3.63) is 52.0 Å². The van der Waals surface area contributed by atoms with E-state index in [9.17, 15) is 9.90 Å². The van der Waals surface area contributed by atoms with E-state index >= 15 is 0 Å². The Hall–Kier alpha value is -1.72. The smallest absolute Gasteiger partial charge is 0.325 e. The molecule has 0 aliphatic carbocycles. The van der Waals surface area contributed by atoms with Crippen LogP contribution in [0.25, 0.3) is 0 Å². The van der Waals surface area contributed by atoms with Gasteiger partial charge in [-0.05, 0) is 11.0 Å². The first-order valence-electron chi connectivity index (χ1n) is 6.84. The molecule has 1 atom stereocenters. The maximum absolute atomic E-state index is 11.4. The molecule has 0 saturated heterocycles. The number of aromatic nitrogens is 1. The summed E-state index contributed by atoms with van der Waals surface area (Å²) in [6.07, 6.45) is 1.87. The fourth-order valence-electron chi connectivity index (χ4n) is 1.92. The lowest BCUT2D eigenvalue weighted by molar-refractivity contribution is -0.139. The molecule has 0 unspecified atom stereocenters. The lowest BCUT2D eigenvalue weighted by Crippen LogP contribution is -2.28. The first kappa shape index (κ1) is 15.7. The molecule has 0 aliphatic rings. The molecule has 4 nitrogen and oxygen atoms in total. The van der Waals surface area contributed by atoms with E-state index in [4.69, 9.17) is 0 Å². The average Bonchev–Trinajstić information content (AvgIpc) is 2.88. The lowest BCUT2D eigenvalue weighted by Gasteiger charge is -2.15. The summed E-state index contributed by atoms with van der Waals surface area (Å²) >= 11 is 1.62. The second kappa shape index (κ2) is 6.37. The largest absolute Gasteiger partial charge is 0.480 e. The van der Waals surface area contributed by atoms with E-state index in [1.54, 1.807) is 11.3 Å². The topological polar surface area (TPSA) is 62.2 Å². The minimum absolute atomic E-state index is 0.0710. The van der Waals surface area contributed by atoms with Crippen molar-refractivity contribution in [1.82, 2.24) is 10.3 Å². The Morgan fingerprint density at radius 1 is 1.33 bits per heavy atom. The molecule has 0 fully saturated rings. The third kappa shape index (κ3) is 4.12. The Kier molecular flexibility index (Phi) is 4.75. The molecule has 5 heteroatoms. The minimum atomic E-state index is -0.881. The van der Waals surface area contributed by atoms with Crippen LogP contribution in [0.3, 0.4) is 0 Å². The first-order valence-corrected chi connectivity index (χ1v) is 7.66. The molecule has 0 aliphatic heterocycles. The van der Waals surface area contributed by atoms with Gasteiger partial charge in [-0.3, -0.25) is 10.1 Å². The summed E-state index contributed by atoms with van der Waals surface area (Å²) in [5.41, 5.74) is 0.819. The van der Waals surface area contributed by atoms with Gasteiger partial charge >= 0.3 is 5.97 Å². The third-order valence-corrected chi connectivity index (χ3v) is 4.55. The van der Waals surface area contributed by atoms with Gasteiger partial charge in [0.25, 0.3) is 0 Å². The van der Waals surface area contributed by atoms with Gasteiger partial charge in [-0.25, -0.2) is 4.98 Å². The van der Waals surface area contributed by atoms with Gasteiger partial charge in [0, 0.05) is 17.6 Å². The minimum Gasteiger partial charge on any atom is -0.480 e. The molecule has 2 N–H and O–H groups in total. The van der Waals surface area contributed by atoms with Crippen LogP contribution in [0.15, 0.2) is 36.5 Å². The van der Waals surface area contributed by atoms with Gasteiger partial charge in [0.05, 0.1) is 0 Å². The molecule has 0 radical (unpaired) electrons. The highest BCUT2D eigenvalue weighted by Crippen LogP contribution is 2.27. The van der Waals surface area contributed by atoms with Gasteiger partial charge in [0.2, 0.25) is 0 Å². The first-order chi connectivity index (χ1) is 9.88. The highest BCUT2D eigenvalue weighted by molar-refractivity contribution is 7.11. The van der Waals surface area contributed by atoms with Gasteiger partial charge in [0.1, 0.15) is 11.0 Å². The predicted octanol–water partition coefficient (Wildman–Crippen LogP) is 3.36. The maximum atomic E-state index is 11.4. The van der Waals surface area contributed by atoms with Crippen LogP contribution < -0.4 is 5.32 Å². The molecular weight excluding hydrogens is 284 g/mol. The van der Waals surface area contributed by atoms with Crippen LogP contribution in [0.4, 0.5) is 0 Å². The molecule has 0 bridgehead atoms. The van der Waals surface area contributed by atoms with E-state index in [0.717, 1.165) is 10.6 Å². The van der Waals surface area contributed by atoms with Crippen molar-refractivity contribution in [2.45, 2.75) is 38.8 Å². The number of carbonyl (C=O) groups is 1. The van der Waals surface area contributed by atoms with E-state index in [1.165, 1.54) is 4.88 Å². The summed E-state index contributed by atoms with van der Waals surface area (Å²) in [6.45, 7) is 6.87. The number of aliphatic carboxylic acids is 1. The van der Waals surface area contributed by atoms with Crippen LogP contribution in [0.5, 0.6) is 0 Å². The van der Waals surface area contributed by atoms with Crippen LogP contribution in [-0.2, 0) is 16.8 Å². The summed E-state index contributed by atoms with van der Waals surface area (Å²) in [5.74, 6) is -0.881. The number of nitrogens with zero attached hydrogens (tertiary/aromatic N) is 1. The van der Waals surface area contributed by atoms with Crippen molar-refractivity contribution in [3.63, 3.8) is 0 Å². The van der Waals surface area contributed by atoms with E-state index in [0.29, 0.717) is 6.54 Å². The molecule has 21 heavy (non-hydrogen) atoms. The number of hydrogen-bond donors (Lipinski definition) is 2. The van der Waals surface area contributed by atoms with E-state index < -0.39 is 12.0 Å². The molecule has 2 aromatic rings. The monoisotopic (exact) mass is 304 g/mol. The Morgan fingerprint density at radius 3 is 2.52 bits per heavy atom. The molecule has 0 spiro atoms. The van der Waals surface area contributed by atoms with Gasteiger partial charge in [0.15, 0.2) is 0 Å². The summed E-state index contributed by atoms with van der Waals surface area (Å²) in [7, 11) is 0. The Labute approximate surface area is 128 Å². The second-order valence-electron chi connectivity index (χ2n) is 5.93. The van der Waals surface area contributed by atoms with Crippen molar-refractivity contribution in [2.75, 3.05) is 0 Å². The zero-order valence-electron chi connectivity index (χ0n) is 12.5. The van der Waals surface area contributed by atoms with Crippen LogP contribution in [-0.4, -0.2) is 16.1 Å². The normalized spacial score (nSPS) is 13.1. The van der Waals surface area contributed by atoms with Crippen LogP contribution in [0, 0.1) is 0 Å². The summed E-state index contributed by atoms with van der Waals surface area (Å²) in [6, 6.07) is 8.47. The fraction of sp³-hybridized carbons (Fsp3) is 0.375. The van der Waals surface area contributed by atoms with Crippen molar-refractivity contribution in [1.29, 1.82) is 0 Å². The molecule has 1 aromatic carbocycles. The number of carboxylic acids is 1. The molecule has 0 saturated carbocycles. The predicted molar refractivity (Wildman–Crippen MR) is 84.5 cm³/mol. The van der Waals surface area contributed by atoms with Crippen molar-refractivity contribution in [3.8, 4) is 0 Å². The van der Waals surface area contributed by atoms with Crippen molar-refractivity contribution in [2.24, 2.45) is 0 Å². The Bertz CT molecular complexity index is 602. The number of rotatable bonds is 5. The quantitative estimate of drug-likeness (QED) is 0.889. The molecule has 1 heterocycles. The van der Waals surface area contributed by atoms with Gasteiger partial charge in [-0.1, -0.05) is 51.1 Å². The molecule has 0 amide bonds. The Morgan fingerprint density at radius 2 is 2.00 bits per heavy atom. The Balaban J connectivity index is 2.06. The standard InChI is InChI=1S/C16H20N2O2S/c1-16(2,3)12-9-17-13(21-12)10-18-14(15(19)20)11-7-5-4-6-8-11/h4-9,14,18H,10H2,1-3H3,(H,19,20)/t14-/m1/s1. The highest BCUT2D eigenvalue weighted by atomic mass is 32.1. The zero-order valence-corrected chi connectivity index (χ0v) is 13.3. The molecule has 2 rings (SSSR count). The number of nitrogens with one attached hydrogen (secondary N) is 1. The van der Waals surface area contributed by atoms with E-state index in [2.05, 4.69) is 31.1 Å². The number of carboxylic acid groups (broad SMARTS) is 1. The number of hydrogen-bond acceptors (Lipinski definition) is 4. The van der Waals surface area contributed by atoms with Gasteiger partial charge < -0.3 is 5.11 Å². The molecule has 112 valence electrons. The average molecular weight is 304 g/mol. The highest BCUT2D eigenvalue weighted by Gasteiger charge is 2.21. The van der Waals surface area contributed by atoms with Crippen molar-refractivity contribution < 1.29 is 9.90 Å². The van der Waals surface area contributed by atoms with Gasteiger partial charge in [-0.2, -0.15) is 0 Å². The SMILES string of the molecule is CC(C)(C)c1cnc(CN[C@@H](C(=O)O)c2ccccc2)s1.